The molecule has 2 aromatic rings. The van der Waals surface area contributed by atoms with Crippen molar-refractivity contribution in [2.45, 2.75) is 80.4 Å². The predicted octanol–water partition coefficient (Wildman–Crippen LogP) is 6.50. The maximum Gasteiger partial charge on any atom is 0.319 e. The van der Waals surface area contributed by atoms with Crippen LogP contribution in [0.1, 0.15) is 80.1 Å². The molecule has 0 amide bonds. The van der Waals surface area contributed by atoms with E-state index in [2.05, 4.69) is 22.1 Å². The first-order valence-corrected chi connectivity index (χ1v) is 12.8. The van der Waals surface area contributed by atoms with Gasteiger partial charge in [-0.15, -0.1) is 10.2 Å². The van der Waals surface area contributed by atoms with Crippen molar-refractivity contribution in [1.29, 1.82) is 0 Å². The smallest absolute Gasteiger partial charge is 0.319 e. The highest BCUT2D eigenvalue weighted by Gasteiger charge is 2.31. The predicted molar refractivity (Wildman–Crippen MR) is 125 cm³/mol. The summed E-state index contributed by atoms with van der Waals surface area (Å²) in [5, 5.41) is 18.4. The SMILES string of the molecule is CCCCCCCCCCCc1nnc(Sc2cc3c(cc2F)C(=O)C(C(=O)O)C=N3)s1. The number of unbranched alkanes of at least 4 members (excludes halogenated alkanes) is 8. The van der Waals surface area contributed by atoms with Crippen LogP contribution in [0.5, 0.6) is 0 Å². The number of Topliss-reactive ketones (excluding diaryl/α,β-unsaturated/α-hetero) is 1. The van der Waals surface area contributed by atoms with Gasteiger partial charge in [0.25, 0.3) is 0 Å². The van der Waals surface area contributed by atoms with E-state index in [-0.39, 0.29) is 16.1 Å². The van der Waals surface area contributed by atoms with Gasteiger partial charge in [-0.1, -0.05) is 81.4 Å². The normalized spacial score (nSPS) is 15.2. The van der Waals surface area contributed by atoms with Gasteiger partial charge in [-0.3, -0.25) is 14.6 Å². The highest BCUT2D eigenvalue weighted by Crippen LogP contribution is 2.37. The lowest BCUT2D eigenvalue weighted by atomic mass is 9.95. The Kier molecular flexibility index (Phi) is 9.35. The van der Waals surface area contributed by atoms with Crippen molar-refractivity contribution >= 4 is 46.8 Å². The van der Waals surface area contributed by atoms with Crippen LogP contribution < -0.4 is 0 Å². The fraction of sp³-hybridized carbons (Fsp3) is 0.522. The Morgan fingerprint density at radius 1 is 1.09 bits per heavy atom. The minimum Gasteiger partial charge on any atom is -0.480 e. The minimum absolute atomic E-state index is 0.00920. The van der Waals surface area contributed by atoms with Crippen LogP contribution in [0.4, 0.5) is 10.1 Å². The average Bonchev–Trinajstić information content (AvgIpc) is 3.21. The summed E-state index contributed by atoms with van der Waals surface area (Å²) >= 11 is 2.59. The lowest BCUT2D eigenvalue weighted by Crippen LogP contribution is -2.27. The highest BCUT2D eigenvalue weighted by atomic mass is 32.2. The quantitative estimate of drug-likeness (QED) is 0.261. The molecule has 1 atom stereocenters. The summed E-state index contributed by atoms with van der Waals surface area (Å²) in [6.45, 7) is 2.23. The van der Waals surface area contributed by atoms with E-state index in [9.17, 15) is 14.0 Å². The largest absolute Gasteiger partial charge is 0.480 e. The van der Waals surface area contributed by atoms with Gasteiger partial charge in [-0.25, -0.2) is 4.39 Å². The number of hydrogen-bond donors (Lipinski definition) is 1. The first-order chi connectivity index (χ1) is 15.5. The lowest BCUT2D eigenvalue weighted by molar-refractivity contribution is -0.137. The zero-order valence-electron chi connectivity index (χ0n) is 18.2. The number of hydrogen-bond acceptors (Lipinski definition) is 7. The number of nitrogens with zero attached hydrogens (tertiary/aromatic N) is 3. The lowest BCUT2D eigenvalue weighted by Gasteiger charge is -2.15. The third kappa shape index (κ3) is 6.68. The van der Waals surface area contributed by atoms with Crippen molar-refractivity contribution in [1.82, 2.24) is 10.2 Å². The maximum atomic E-state index is 14.6. The molecule has 1 aliphatic heterocycles. The summed E-state index contributed by atoms with van der Waals surface area (Å²) in [6, 6.07) is 2.53. The minimum atomic E-state index is -1.37. The number of aliphatic carboxylic acids is 1. The summed E-state index contributed by atoms with van der Waals surface area (Å²) in [4.78, 5) is 27.7. The standard InChI is InChI=1S/C23H28FN3O3S2/c1-2-3-4-5-6-7-8-9-10-11-20-26-27-23(32-20)31-19-13-18-15(12-17(19)24)21(28)16(14-25-18)22(29)30/h12-14,16H,2-11H2,1H3,(H,29,30). The molecule has 1 aliphatic rings. The van der Waals surface area contributed by atoms with E-state index in [1.54, 1.807) is 0 Å². The van der Waals surface area contributed by atoms with Crippen LogP contribution in [0.3, 0.4) is 0 Å². The van der Waals surface area contributed by atoms with E-state index in [1.165, 1.54) is 68.8 Å². The van der Waals surface area contributed by atoms with E-state index in [4.69, 9.17) is 5.11 Å². The Morgan fingerprint density at radius 2 is 1.78 bits per heavy atom. The molecule has 0 saturated carbocycles. The Labute approximate surface area is 195 Å². The van der Waals surface area contributed by atoms with E-state index >= 15 is 0 Å². The number of benzene rings is 1. The summed E-state index contributed by atoms with van der Waals surface area (Å²) in [6.07, 6.45) is 13.4. The van der Waals surface area contributed by atoms with Crippen molar-refractivity contribution in [3.05, 3.63) is 28.5 Å². The van der Waals surface area contributed by atoms with E-state index < -0.39 is 23.5 Å². The van der Waals surface area contributed by atoms with Crippen LogP contribution in [-0.4, -0.2) is 33.3 Å². The van der Waals surface area contributed by atoms with Crippen molar-refractivity contribution in [2.24, 2.45) is 10.9 Å². The molecule has 2 heterocycles. The van der Waals surface area contributed by atoms with Gasteiger partial charge >= 0.3 is 5.97 Å². The molecule has 0 aliphatic carbocycles. The third-order valence-electron chi connectivity index (χ3n) is 5.37. The number of carbonyl (C=O) groups is 2. The van der Waals surface area contributed by atoms with Gasteiger partial charge in [-0.05, 0) is 18.6 Å². The molecule has 0 radical (unpaired) electrons. The average molecular weight is 478 g/mol. The number of carboxylic acid groups (broad SMARTS) is 1. The number of aliphatic imine (C=N–C) groups is 1. The Hall–Kier alpha value is -2.13. The Balaban J connectivity index is 1.49. The van der Waals surface area contributed by atoms with Crippen molar-refractivity contribution in [3.8, 4) is 0 Å². The molecule has 3 rings (SSSR count). The summed E-state index contributed by atoms with van der Waals surface area (Å²) in [7, 11) is 0. The second-order valence-electron chi connectivity index (χ2n) is 7.90. The van der Waals surface area contributed by atoms with Crippen LogP contribution in [0.25, 0.3) is 0 Å². The molecule has 1 unspecified atom stereocenters. The van der Waals surface area contributed by atoms with Crippen LogP contribution in [0.2, 0.25) is 0 Å². The first kappa shape index (κ1) is 24.5. The molecule has 32 heavy (non-hydrogen) atoms. The molecule has 6 nitrogen and oxygen atoms in total. The molecule has 1 aromatic carbocycles. The molecule has 1 aromatic heterocycles. The zero-order valence-corrected chi connectivity index (χ0v) is 19.8. The van der Waals surface area contributed by atoms with Gasteiger partial charge in [0, 0.05) is 18.2 Å². The fourth-order valence-electron chi connectivity index (χ4n) is 3.55. The van der Waals surface area contributed by atoms with E-state index in [0.29, 0.717) is 4.34 Å². The molecule has 9 heteroatoms. The van der Waals surface area contributed by atoms with Crippen LogP contribution in [0.15, 0.2) is 26.4 Å². The second kappa shape index (κ2) is 12.2. The first-order valence-electron chi connectivity index (χ1n) is 11.1. The van der Waals surface area contributed by atoms with Crippen molar-refractivity contribution < 1.29 is 19.1 Å². The highest BCUT2D eigenvalue weighted by molar-refractivity contribution is 8.01. The van der Waals surface area contributed by atoms with E-state index in [1.807, 2.05) is 0 Å². The summed E-state index contributed by atoms with van der Waals surface area (Å²) in [5.74, 6) is -3.92. The number of ketones is 1. The second-order valence-corrected chi connectivity index (χ2v) is 10.3. The van der Waals surface area contributed by atoms with Crippen LogP contribution >= 0.6 is 23.1 Å². The Bertz CT molecular complexity index is 977. The number of aryl methyl sites for hydroxylation is 1. The van der Waals surface area contributed by atoms with E-state index in [0.717, 1.165) is 41.9 Å². The number of rotatable bonds is 13. The number of aromatic nitrogens is 2. The molecule has 0 saturated heterocycles. The van der Waals surface area contributed by atoms with Gasteiger partial charge in [0.2, 0.25) is 0 Å². The summed E-state index contributed by atoms with van der Waals surface area (Å²) in [5.41, 5.74) is 0.265. The molecule has 0 bridgehead atoms. The number of halogens is 1. The summed E-state index contributed by atoms with van der Waals surface area (Å²) < 4.78 is 15.2. The van der Waals surface area contributed by atoms with Gasteiger partial charge in [0.1, 0.15) is 10.8 Å². The number of carboxylic acids is 1. The van der Waals surface area contributed by atoms with Crippen LogP contribution in [-0.2, 0) is 11.2 Å². The van der Waals surface area contributed by atoms with Gasteiger partial charge in [0.15, 0.2) is 16.0 Å². The monoisotopic (exact) mass is 477 g/mol. The van der Waals surface area contributed by atoms with Crippen LogP contribution in [0, 0.1) is 11.7 Å². The van der Waals surface area contributed by atoms with Gasteiger partial charge in [-0.2, -0.15) is 0 Å². The Morgan fingerprint density at radius 3 is 2.47 bits per heavy atom. The van der Waals surface area contributed by atoms with Crippen molar-refractivity contribution in [3.63, 3.8) is 0 Å². The van der Waals surface area contributed by atoms with Crippen molar-refractivity contribution in [2.75, 3.05) is 0 Å². The zero-order chi connectivity index (χ0) is 22.9. The maximum absolute atomic E-state index is 14.6. The molecule has 0 fully saturated rings. The molecule has 1 N–H and O–H groups in total. The number of fused-ring (bicyclic) bond motifs is 1. The fourth-order valence-corrected chi connectivity index (χ4v) is 5.49. The molecule has 172 valence electrons. The molecular weight excluding hydrogens is 449 g/mol. The van der Waals surface area contributed by atoms with Gasteiger partial charge < -0.3 is 5.11 Å². The number of carbonyl (C=O) groups excluding carboxylic acids is 1. The molecular formula is C23H28FN3O3S2. The van der Waals surface area contributed by atoms with Gasteiger partial charge in [0.05, 0.1) is 10.6 Å². The third-order valence-corrected chi connectivity index (χ3v) is 7.43. The molecule has 0 spiro atoms. The topological polar surface area (TPSA) is 92.5 Å².